The van der Waals surface area contributed by atoms with Gasteiger partial charge in [0.25, 0.3) is 0 Å². The first-order chi connectivity index (χ1) is 13.9. The fourth-order valence-electron chi connectivity index (χ4n) is 3.48. The number of halogens is 1. The second-order valence-electron chi connectivity index (χ2n) is 7.00. The molecule has 1 atom stereocenters. The second kappa shape index (κ2) is 9.65. The van der Waals surface area contributed by atoms with E-state index in [1.807, 2.05) is 49.1 Å². The van der Waals surface area contributed by atoms with Crippen LogP contribution in [0.25, 0.3) is 11.0 Å². The van der Waals surface area contributed by atoms with Crippen LogP contribution in [-0.4, -0.2) is 41.4 Å². The minimum atomic E-state index is -0.0750. The molecule has 154 valence electrons. The molecular formula is C22H26ClN3O2S. The number of ether oxygens (including phenoxy) is 1. The summed E-state index contributed by atoms with van der Waals surface area (Å²) in [5.41, 5.74) is 4.93. The molecule has 0 radical (unpaired) electrons. The molecule has 1 amide bonds. The third kappa shape index (κ3) is 4.94. The Hall–Kier alpha value is -2.02. The Kier molecular flexibility index (Phi) is 7.22. The van der Waals surface area contributed by atoms with Crippen molar-refractivity contribution in [3.05, 3.63) is 52.5 Å². The molecule has 3 rings (SSSR count). The van der Waals surface area contributed by atoms with E-state index < -0.39 is 0 Å². The summed E-state index contributed by atoms with van der Waals surface area (Å²) in [5, 5.41) is 1.36. The van der Waals surface area contributed by atoms with Crippen molar-refractivity contribution in [3.8, 4) is 0 Å². The smallest absolute Gasteiger partial charge is 0.237 e. The number of thioether (sulfide) groups is 1. The Morgan fingerprint density at radius 1 is 1.34 bits per heavy atom. The summed E-state index contributed by atoms with van der Waals surface area (Å²) in [6, 6.07) is 11.6. The number of fused-ring (bicyclic) bond motifs is 1. The third-order valence-electron chi connectivity index (χ3n) is 4.82. The van der Waals surface area contributed by atoms with Crippen LogP contribution in [-0.2, 0) is 16.0 Å². The summed E-state index contributed by atoms with van der Waals surface area (Å²) >= 11 is 7.44. The lowest BCUT2D eigenvalue weighted by atomic mass is 10.0. The van der Waals surface area contributed by atoms with Crippen LogP contribution in [0.4, 0.5) is 5.69 Å². The lowest BCUT2D eigenvalue weighted by Gasteiger charge is -2.32. The molecule has 0 aliphatic heterocycles. The molecule has 7 heteroatoms. The Morgan fingerprint density at radius 3 is 2.86 bits per heavy atom. The normalized spacial score (nSPS) is 12.3. The monoisotopic (exact) mass is 431 g/mol. The molecule has 0 unspecified atom stereocenters. The quantitative estimate of drug-likeness (QED) is 0.495. The van der Waals surface area contributed by atoms with Gasteiger partial charge in [-0.25, -0.2) is 4.98 Å². The molecule has 1 aromatic heterocycles. The SMILES string of the molecule is CCc1cccc(C)c1N(C(=O)CSc1nc2ccc(Cl)cc2[nH]1)[C@H](C)COC. The maximum atomic E-state index is 13.3. The van der Waals surface area contributed by atoms with Gasteiger partial charge in [-0.1, -0.05) is 48.5 Å². The van der Waals surface area contributed by atoms with Gasteiger partial charge in [0, 0.05) is 12.1 Å². The number of para-hydroxylation sites is 1. The number of nitrogens with zero attached hydrogens (tertiary/aromatic N) is 2. The van der Waals surface area contributed by atoms with Gasteiger partial charge in [-0.15, -0.1) is 0 Å². The van der Waals surface area contributed by atoms with Gasteiger partial charge in [0.15, 0.2) is 5.16 Å². The molecule has 1 heterocycles. The third-order valence-corrected chi connectivity index (χ3v) is 5.91. The van der Waals surface area contributed by atoms with Gasteiger partial charge in [0.2, 0.25) is 5.91 Å². The van der Waals surface area contributed by atoms with Gasteiger partial charge >= 0.3 is 0 Å². The largest absolute Gasteiger partial charge is 0.383 e. The van der Waals surface area contributed by atoms with E-state index in [2.05, 4.69) is 23.0 Å². The summed E-state index contributed by atoms with van der Waals surface area (Å²) in [4.78, 5) is 23.0. The summed E-state index contributed by atoms with van der Waals surface area (Å²) in [6.45, 7) is 6.64. The lowest BCUT2D eigenvalue weighted by Crippen LogP contribution is -2.43. The number of hydrogen-bond acceptors (Lipinski definition) is 4. The Morgan fingerprint density at radius 2 is 2.14 bits per heavy atom. The number of benzene rings is 2. The van der Waals surface area contributed by atoms with Crippen molar-refractivity contribution in [3.63, 3.8) is 0 Å². The number of nitrogens with one attached hydrogen (secondary N) is 1. The fraction of sp³-hybridized carbons (Fsp3) is 0.364. The van der Waals surface area contributed by atoms with E-state index in [0.29, 0.717) is 16.8 Å². The number of methoxy groups -OCH3 is 1. The van der Waals surface area contributed by atoms with Gasteiger partial charge in [-0.3, -0.25) is 4.79 Å². The number of hydrogen-bond donors (Lipinski definition) is 1. The molecule has 5 nitrogen and oxygen atoms in total. The predicted octanol–water partition coefficient (Wildman–Crippen LogP) is 5.25. The summed E-state index contributed by atoms with van der Waals surface area (Å²) in [6.07, 6.45) is 0.859. The van der Waals surface area contributed by atoms with E-state index in [1.54, 1.807) is 7.11 Å². The Balaban J connectivity index is 1.85. The number of imidazole rings is 1. The highest BCUT2D eigenvalue weighted by Crippen LogP contribution is 2.29. The number of carbonyl (C=O) groups is 1. The maximum absolute atomic E-state index is 13.3. The zero-order valence-corrected chi connectivity index (χ0v) is 18.7. The van der Waals surface area contributed by atoms with Crippen molar-refractivity contribution in [1.29, 1.82) is 0 Å². The van der Waals surface area contributed by atoms with Crippen LogP contribution >= 0.6 is 23.4 Å². The minimum absolute atomic E-state index is 0.0297. The number of aromatic amines is 1. The maximum Gasteiger partial charge on any atom is 0.237 e. The number of aryl methyl sites for hydroxylation is 2. The first kappa shape index (κ1) is 21.7. The van der Waals surface area contributed by atoms with Crippen LogP contribution < -0.4 is 4.90 Å². The van der Waals surface area contributed by atoms with Gasteiger partial charge in [0.05, 0.1) is 35.1 Å². The molecule has 0 bridgehead atoms. The van der Waals surface area contributed by atoms with Crippen molar-refractivity contribution in [2.75, 3.05) is 24.4 Å². The van der Waals surface area contributed by atoms with Crippen LogP contribution in [0.1, 0.15) is 25.0 Å². The molecule has 0 fully saturated rings. The number of aromatic nitrogens is 2. The molecule has 3 aromatic rings. The molecule has 0 aliphatic carbocycles. The van der Waals surface area contributed by atoms with Crippen LogP contribution in [0.5, 0.6) is 0 Å². The number of anilines is 1. The minimum Gasteiger partial charge on any atom is -0.383 e. The number of amides is 1. The van der Waals surface area contributed by atoms with Crippen LogP contribution in [0.15, 0.2) is 41.6 Å². The molecule has 0 saturated carbocycles. The van der Waals surface area contributed by atoms with Crippen molar-refractivity contribution < 1.29 is 9.53 Å². The van der Waals surface area contributed by atoms with Gasteiger partial charge < -0.3 is 14.6 Å². The summed E-state index contributed by atoms with van der Waals surface area (Å²) in [7, 11) is 1.66. The van der Waals surface area contributed by atoms with E-state index in [1.165, 1.54) is 11.8 Å². The number of carbonyl (C=O) groups excluding carboxylic acids is 1. The average Bonchev–Trinajstić information content (AvgIpc) is 3.10. The van der Waals surface area contributed by atoms with Crippen LogP contribution in [0, 0.1) is 6.92 Å². The summed E-state index contributed by atoms with van der Waals surface area (Å²) in [5.74, 6) is 0.307. The van der Waals surface area contributed by atoms with E-state index in [9.17, 15) is 4.79 Å². The Bertz CT molecular complexity index is 1000. The van der Waals surface area contributed by atoms with Crippen LogP contribution in [0.2, 0.25) is 5.02 Å². The zero-order valence-electron chi connectivity index (χ0n) is 17.2. The first-order valence-corrected chi connectivity index (χ1v) is 11.0. The van der Waals surface area contributed by atoms with E-state index in [0.717, 1.165) is 34.3 Å². The van der Waals surface area contributed by atoms with Gasteiger partial charge in [-0.2, -0.15) is 0 Å². The predicted molar refractivity (Wildman–Crippen MR) is 121 cm³/mol. The molecule has 2 aromatic carbocycles. The van der Waals surface area contributed by atoms with Crippen LogP contribution in [0.3, 0.4) is 0 Å². The molecule has 0 aliphatic rings. The average molecular weight is 432 g/mol. The van der Waals surface area contributed by atoms with Crippen molar-refractivity contribution in [2.45, 2.75) is 38.4 Å². The first-order valence-electron chi connectivity index (χ1n) is 9.62. The Labute approximate surface area is 180 Å². The fourth-order valence-corrected chi connectivity index (χ4v) is 4.40. The topological polar surface area (TPSA) is 58.2 Å². The van der Waals surface area contributed by atoms with Gasteiger partial charge in [0.1, 0.15) is 0 Å². The highest BCUT2D eigenvalue weighted by molar-refractivity contribution is 7.99. The highest BCUT2D eigenvalue weighted by Gasteiger charge is 2.25. The van der Waals surface area contributed by atoms with E-state index in [-0.39, 0.29) is 17.7 Å². The van der Waals surface area contributed by atoms with E-state index >= 15 is 0 Å². The number of H-pyrrole nitrogens is 1. The number of rotatable bonds is 8. The van der Waals surface area contributed by atoms with Crippen molar-refractivity contribution >= 4 is 46.0 Å². The summed E-state index contributed by atoms with van der Waals surface area (Å²) < 4.78 is 5.35. The molecule has 29 heavy (non-hydrogen) atoms. The molecule has 1 N–H and O–H groups in total. The van der Waals surface area contributed by atoms with Crippen molar-refractivity contribution in [2.24, 2.45) is 0 Å². The van der Waals surface area contributed by atoms with Crippen molar-refractivity contribution in [1.82, 2.24) is 9.97 Å². The van der Waals surface area contributed by atoms with E-state index in [4.69, 9.17) is 16.3 Å². The van der Waals surface area contributed by atoms with Gasteiger partial charge in [-0.05, 0) is 49.6 Å². The highest BCUT2D eigenvalue weighted by atomic mass is 35.5. The lowest BCUT2D eigenvalue weighted by molar-refractivity contribution is -0.116. The molecule has 0 saturated heterocycles. The second-order valence-corrected chi connectivity index (χ2v) is 8.40. The molecular weight excluding hydrogens is 406 g/mol. The molecule has 0 spiro atoms. The standard InChI is InChI=1S/C22H26ClN3O2S/c1-5-16-8-6-7-14(2)21(16)26(15(3)12-28-4)20(27)13-29-22-24-18-10-9-17(23)11-19(18)25-22/h6-11,15H,5,12-13H2,1-4H3,(H,24,25)/t15-/m1/s1. The zero-order chi connectivity index (χ0) is 21.0.